The van der Waals surface area contributed by atoms with Crippen LogP contribution in [0, 0.1) is 0 Å². The molecule has 3 aromatic rings. The van der Waals surface area contributed by atoms with E-state index in [1.165, 1.54) is 30.9 Å². The highest BCUT2D eigenvalue weighted by molar-refractivity contribution is 7.90. The Morgan fingerprint density at radius 2 is 1.81 bits per heavy atom. The van der Waals surface area contributed by atoms with Crippen LogP contribution in [0.2, 0.25) is 0 Å². The molecule has 0 atom stereocenters. The third kappa shape index (κ3) is 4.46. The SMILES string of the molecule is CC(C)=C1c2nc3cc(CO)c(S(C)(=O)=O)cc3n2CCN1c1ncc(C(C)(C)O)c(C(F)(F)F)n1. The van der Waals surface area contributed by atoms with Crippen molar-refractivity contribution < 1.29 is 31.8 Å². The summed E-state index contributed by atoms with van der Waals surface area (Å²) in [5.74, 6) is 0.215. The molecule has 1 aliphatic heterocycles. The monoisotopic (exact) mass is 525 g/mol. The average molecular weight is 526 g/mol. The molecule has 13 heteroatoms. The number of hydrogen-bond donors (Lipinski definition) is 2. The summed E-state index contributed by atoms with van der Waals surface area (Å²) >= 11 is 0. The number of aliphatic hydroxyl groups excluding tert-OH is 1. The predicted molar refractivity (Wildman–Crippen MR) is 127 cm³/mol. The van der Waals surface area contributed by atoms with Crippen molar-refractivity contribution in [3.63, 3.8) is 0 Å². The normalized spacial score (nSPS) is 14.9. The van der Waals surface area contributed by atoms with Crippen LogP contribution in [0.25, 0.3) is 16.7 Å². The minimum absolute atomic E-state index is 0.0123. The Hall–Kier alpha value is -3.03. The molecular formula is C23H26F3N5O4S. The van der Waals surface area contributed by atoms with Crippen molar-refractivity contribution in [1.29, 1.82) is 0 Å². The number of benzene rings is 1. The average Bonchev–Trinajstić information content (AvgIpc) is 3.12. The van der Waals surface area contributed by atoms with Crippen molar-refractivity contribution in [3.05, 3.63) is 46.5 Å². The Balaban J connectivity index is 1.91. The lowest BCUT2D eigenvalue weighted by atomic mass is 9.98. The summed E-state index contributed by atoms with van der Waals surface area (Å²) in [4.78, 5) is 14.1. The van der Waals surface area contributed by atoms with Gasteiger partial charge in [-0.15, -0.1) is 0 Å². The van der Waals surface area contributed by atoms with Crippen LogP contribution >= 0.6 is 0 Å². The van der Waals surface area contributed by atoms with E-state index < -0.39 is 39.5 Å². The van der Waals surface area contributed by atoms with Crippen LogP contribution in [0.5, 0.6) is 0 Å². The van der Waals surface area contributed by atoms with E-state index in [2.05, 4.69) is 15.0 Å². The molecule has 0 saturated carbocycles. The lowest BCUT2D eigenvalue weighted by molar-refractivity contribution is -0.144. The first kappa shape index (κ1) is 26.0. The molecule has 3 heterocycles. The van der Waals surface area contributed by atoms with Gasteiger partial charge >= 0.3 is 6.18 Å². The molecule has 2 aromatic heterocycles. The van der Waals surface area contributed by atoms with Gasteiger partial charge in [0.2, 0.25) is 5.95 Å². The summed E-state index contributed by atoms with van der Waals surface area (Å²) in [6.45, 7) is 5.97. The second-order valence-electron chi connectivity index (χ2n) is 9.46. The van der Waals surface area contributed by atoms with Gasteiger partial charge in [-0.25, -0.2) is 23.4 Å². The van der Waals surface area contributed by atoms with Gasteiger partial charge in [0.15, 0.2) is 21.4 Å². The zero-order valence-electron chi connectivity index (χ0n) is 20.3. The third-order valence-corrected chi connectivity index (χ3v) is 7.13. The van der Waals surface area contributed by atoms with E-state index >= 15 is 0 Å². The van der Waals surface area contributed by atoms with Crippen molar-refractivity contribution >= 4 is 32.5 Å². The van der Waals surface area contributed by atoms with Crippen LogP contribution in [-0.2, 0) is 34.8 Å². The Kier molecular flexibility index (Phi) is 6.17. The Labute approximate surface area is 205 Å². The number of hydrogen-bond acceptors (Lipinski definition) is 8. The van der Waals surface area contributed by atoms with E-state index in [0.717, 1.165) is 18.0 Å². The molecule has 36 heavy (non-hydrogen) atoms. The fraction of sp³-hybridized carbons (Fsp3) is 0.435. The van der Waals surface area contributed by atoms with Crippen molar-refractivity contribution in [2.24, 2.45) is 0 Å². The maximum Gasteiger partial charge on any atom is 0.433 e. The highest BCUT2D eigenvalue weighted by Gasteiger charge is 2.41. The van der Waals surface area contributed by atoms with Gasteiger partial charge in [-0.1, -0.05) is 0 Å². The second kappa shape index (κ2) is 8.53. The smallest absolute Gasteiger partial charge is 0.392 e. The van der Waals surface area contributed by atoms with E-state index in [9.17, 15) is 31.8 Å². The number of rotatable bonds is 4. The van der Waals surface area contributed by atoms with E-state index in [0.29, 0.717) is 22.6 Å². The van der Waals surface area contributed by atoms with E-state index in [1.54, 1.807) is 18.4 Å². The fourth-order valence-corrected chi connectivity index (χ4v) is 5.29. The van der Waals surface area contributed by atoms with Crippen LogP contribution in [-0.4, -0.2) is 51.0 Å². The molecule has 4 rings (SSSR count). The lowest BCUT2D eigenvalue weighted by Crippen LogP contribution is -2.35. The minimum atomic E-state index is -4.82. The molecule has 0 amide bonds. The number of anilines is 1. The molecule has 9 nitrogen and oxygen atoms in total. The standard InChI is InChI=1S/C23H26F3N5O4S/c1-12(2)18-20-28-15-8-13(11-32)17(36(5,34)35)9-16(15)30(20)6-7-31(18)21-27-10-14(22(3,4)33)19(29-21)23(24,25)26/h8-10,32-33H,6-7,11H2,1-5H3. The van der Waals surface area contributed by atoms with E-state index in [-0.39, 0.29) is 29.5 Å². The topological polar surface area (TPSA) is 121 Å². The van der Waals surface area contributed by atoms with Crippen LogP contribution in [0.15, 0.2) is 28.8 Å². The zero-order valence-corrected chi connectivity index (χ0v) is 21.2. The quantitative estimate of drug-likeness (QED) is 0.533. The molecule has 0 bridgehead atoms. The van der Waals surface area contributed by atoms with Gasteiger partial charge in [-0.05, 0) is 51.0 Å². The summed E-state index contributed by atoms with van der Waals surface area (Å²) in [6.07, 6.45) is -2.78. The lowest BCUT2D eigenvalue weighted by Gasteiger charge is -2.32. The number of halogens is 3. The molecule has 0 saturated heterocycles. The van der Waals surface area contributed by atoms with Gasteiger partial charge in [0.1, 0.15) is 0 Å². The number of fused-ring (bicyclic) bond motifs is 3. The number of sulfone groups is 1. The molecule has 0 unspecified atom stereocenters. The number of allylic oxidation sites excluding steroid dienone is 1. The maximum atomic E-state index is 13.8. The van der Waals surface area contributed by atoms with E-state index in [4.69, 9.17) is 0 Å². The first-order chi connectivity index (χ1) is 16.5. The summed E-state index contributed by atoms with van der Waals surface area (Å²) in [7, 11) is -3.63. The highest BCUT2D eigenvalue weighted by Crippen LogP contribution is 2.38. The van der Waals surface area contributed by atoms with Crippen LogP contribution < -0.4 is 4.90 Å². The Bertz CT molecular complexity index is 1500. The number of nitrogens with zero attached hydrogens (tertiary/aromatic N) is 5. The van der Waals surface area contributed by atoms with Gasteiger partial charge < -0.3 is 19.7 Å². The number of imidazole rings is 1. The Morgan fingerprint density at radius 1 is 1.14 bits per heavy atom. The minimum Gasteiger partial charge on any atom is -0.392 e. The number of alkyl halides is 3. The number of aromatic nitrogens is 4. The summed E-state index contributed by atoms with van der Waals surface area (Å²) in [5, 5.41) is 19.9. The number of aliphatic hydroxyl groups is 2. The van der Waals surface area contributed by atoms with Crippen molar-refractivity contribution in [2.75, 3.05) is 17.7 Å². The van der Waals surface area contributed by atoms with Gasteiger partial charge in [-0.3, -0.25) is 0 Å². The first-order valence-electron chi connectivity index (χ1n) is 11.0. The molecule has 0 aliphatic carbocycles. The largest absolute Gasteiger partial charge is 0.433 e. The summed E-state index contributed by atoms with van der Waals surface area (Å²) < 4.78 is 67.9. The molecule has 1 aromatic carbocycles. The first-order valence-corrected chi connectivity index (χ1v) is 12.9. The molecule has 2 N–H and O–H groups in total. The van der Waals surface area contributed by atoms with Gasteiger partial charge in [0.25, 0.3) is 0 Å². The molecule has 0 radical (unpaired) electrons. The third-order valence-electron chi connectivity index (χ3n) is 5.95. The molecule has 194 valence electrons. The van der Waals surface area contributed by atoms with Crippen LogP contribution in [0.3, 0.4) is 0 Å². The fourth-order valence-electron chi connectivity index (χ4n) is 4.36. The zero-order chi connectivity index (χ0) is 26.8. The van der Waals surface area contributed by atoms with Crippen LogP contribution in [0.4, 0.5) is 19.1 Å². The van der Waals surface area contributed by atoms with Gasteiger partial charge in [0, 0.05) is 31.1 Å². The van der Waals surface area contributed by atoms with E-state index in [1.807, 2.05) is 0 Å². The summed E-state index contributed by atoms with van der Waals surface area (Å²) in [5.41, 5.74) is -1.10. The molecule has 1 aliphatic rings. The molecule has 0 spiro atoms. The van der Waals surface area contributed by atoms with Crippen molar-refractivity contribution in [2.45, 2.75) is 57.5 Å². The highest BCUT2D eigenvalue weighted by atomic mass is 32.2. The van der Waals surface area contributed by atoms with Crippen molar-refractivity contribution in [1.82, 2.24) is 19.5 Å². The van der Waals surface area contributed by atoms with Gasteiger partial charge in [-0.2, -0.15) is 13.2 Å². The van der Waals surface area contributed by atoms with Gasteiger partial charge in [0.05, 0.1) is 33.8 Å². The molecular weight excluding hydrogens is 499 g/mol. The maximum absolute atomic E-state index is 13.8. The van der Waals surface area contributed by atoms with Crippen molar-refractivity contribution in [3.8, 4) is 0 Å². The second-order valence-corrected chi connectivity index (χ2v) is 11.4. The van der Waals surface area contributed by atoms with Crippen LogP contribution in [0.1, 0.15) is 50.3 Å². The Morgan fingerprint density at radius 3 is 2.33 bits per heavy atom. The predicted octanol–water partition coefficient (Wildman–Crippen LogP) is 3.24. The summed E-state index contributed by atoms with van der Waals surface area (Å²) in [6, 6.07) is 2.96. The molecule has 0 fully saturated rings.